The number of hydrogen-bond acceptors (Lipinski definition) is 6. The van der Waals surface area contributed by atoms with E-state index in [0.717, 1.165) is 27.9 Å². The van der Waals surface area contributed by atoms with Gasteiger partial charge in [0, 0.05) is 18.3 Å². The monoisotopic (exact) mass is 526 g/mol. The van der Waals surface area contributed by atoms with E-state index in [2.05, 4.69) is 15.3 Å². The molecule has 2 atom stereocenters. The summed E-state index contributed by atoms with van der Waals surface area (Å²) in [4.78, 5) is 28.8. The highest BCUT2D eigenvalue weighted by Crippen LogP contribution is 2.30. The molecule has 0 aliphatic rings. The minimum absolute atomic E-state index is 0.0203. The number of aryl methyl sites for hydroxylation is 3. The van der Waals surface area contributed by atoms with Gasteiger partial charge in [0.1, 0.15) is 5.52 Å². The Bertz CT molecular complexity index is 1490. The number of hydrogen-bond donors (Lipinski definition) is 2. The van der Waals surface area contributed by atoms with E-state index < -0.39 is 29.7 Å². The van der Waals surface area contributed by atoms with E-state index in [-0.39, 0.29) is 24.9 Å². The van der Waals surface area contributed by atoms with Gasteiger partial charge in [-0.1, -0.05) is 29.5 Å². The molecule has 0 amide bonds. The summed E-state index contributed by atoms with van der Waals surface area (Å²) in [5.74, 6) is -2.32. The van der Waals surface area contributed by atoms with Crippen molar-refractivity contribution in [2.45, 2.75) is 45.0 Å². The lowest BCUT2D eigenvalue weighted by Gasteiger charge is -2.19. The minimum Gasteiger partial charge on any atom is -0.481 e. The van der Waals surface area contributed by atoms with Gasteiger partial charge in [0.15, 0.2) is 0 Å². The molecule has 0 aliphatic heterocycles. The Morgan fingerprint density at radius 2 is 1.79 bits per heavy atom. The third kappa shape index (κ3) is 6.23. The largest absolute Gasteiger partial charge is 0.481 e. The van der Waals surface area contributed by atoms with Crippen molar-refractivity contribution in [3.05, 3.63) is 87.8 Å². The summed E-state index contributed by atoms with van der Waals surface area (Å²) in [5.41, 5.74) is 2.01. The molecule has 0 radical (unpaired) electrons. The maximum atomic E-state index is 12.8. The Morgan fingerprint density at radius 1 is 1.05 bits per heavy atom. The van der Waals surface area contributed by atoms with Gasteiger partial charge in [0.05, 0.1) is 28.7 Å². The molecule has 0 aliphatic carbocycles. The van der Waals surface area contributed by atoms with Crippen LogP contribution < -0.4 is 5.56 Å². The predicted octanol–water partition coefficient (Wildman–Crippen LogP) is 4.27. The smallest absolute Gasteiger partial charge is 0.416 e. The second kappa shape index (κ2) is 11.1. The van der Waals surface area contributed by atoms with Gasteiger partial charge >= 0.3 is 12.1 Å². The quantitative estimate of drug-likeness (QED) is 0.335. The van der Waals surface area contributed by atoms with Crippen LogP contribution in [0, 0.1) is 12.8 Å². The predicted molar refractivity (Wildman–Crippen MR) is 133 cm³/mol. The number of carbonyl (C=O) groups is 1. The summed E-state index contributed by atoms with van der Waals surface area (Å²) < 4.78 is 39.4. The Balaban J connectivity index is 1.37. The van der Waals surface area contributed by atoms with Crippen molar-refractivity contribution < 1.29 is 28.2 Å². The van der Waals surface area contributed by atoms with E-state index in [1.807, 2.05) is 6.92 Å². The average molecular weight is 527 g/mol. The van der Waals surface area contributed by atoms with Crippen molar-refractivity contribution in [3.63, 3.8) is 0 Å². The van der Waals surface area contributed by atoms with Gasteiger partial charge in [0.25, 0.3) is 5.56 Å². The second-order valence-electron chi connectivity index (χ2n) is 9.10. The molecule has 2 aromatic carbocycles. The number of fused-ring (bicyclic) bond motifs is 1. The molecule has 0 saturated carbocycles. The van der Waals surface area contributed by atoms with Gasteiger partial charge in [-0.05, 0) is 67.6 Å². The maximum absolute atomic E-state index is 12.8. The SMILES string of the molecule is Cc1ccc2c(=O)n(CC[C@H](C(=O)O)[C@H](O)CCc3ccc(-c4ccc(C(F)(F)F)cc4)nc3)nnc2c1. The standard InChI is InChI=1S/C27H25F3N4O4/c1-16-2-9-20-23(14-16)32-33-34(25(20)36)13-12-21(26(37)38)24(35)11-4-17-3-10-22(31-15-17)18-5-7-19(8-6-18)27(28,29)30/h2-3,5-10,14-15,21,24,35H,4,11-13H2,1H3,(H,37,38)/t21-,24+/m0/s1. The van der Waals surface area contributed by atoms with E-state index in [4.69, 9.17) is 0 Å². The van der Waals surface area contributed by atoms with Crippen molar-refractivity contribution in [1.29, 1.82) is 0 Å². The van der Waals surface area contributed by atoms with Gasteiger partial charge < -0.3 is 10.2 Å². The molecule has 0 unspecified atom stereocenters. The molecular weight excluding hydrogens is 501 g/mol. The number of carboxylic acids is 1. The topological polar surface area (TPSA) is 118 Å². The minimum atomic E-state index is -4.41. The number of aromatic nitrogens is 4. The first-order valence-electron chi connectivity index (χ1n) is 11.9. The summed E-state index contributed by atoms with van der Waals surface area (Å²) in [6, 6.07) is 13.2. The summed E-state index contributed by atoms with van der Waals surface area (Å²) in [6.07, 6.45) is -3.61. The summed E-state index contributed by atoms with van der Waals surface area (Å²) in [6.45, 7) is 1.85. The zero-order valence-corrected chi connectivity index (χ0v) is 20.4. The van der Waals surface area contributed by atoms with Crippen LogP contribution in [0.1, 0.15) is 29.5 Å². The van der Waals surface area contributed by atoms with Gasteiger partial charge in [-0.15, -0.1) is 5.10 Å². The van der Waals surface area contributed by atoms with E-state index >= 15 is 0 Å². The first-order valence-corrected chi connectivity index (χ1v) is 11.9. The number of aliphatic hydroxyl groups is 1. The van der Waals surface area contributed by atoms with Crippen molar-refractivity contribution >= 4 is 16.9 Å². The highest BCUT2D eigenvalue weighted by atomic mass is 19.4. The summed E-state index contributed by atoms with van der Waals surface area (Å²) in [5, 5.41) is 28.6. The molecule has 2 heterocycles. The van der Waals surface area contributed by atoms with Crippen LogP contribution in [-0.2, 0) is 23.9 Å². The van der Waals surface area contributed by atoms with Crippen LogP contribution in [-0.4, -0.2) is 42.3 Å². The molecule has 0 bridgehead atoms. The Hall–Kier alpha value is -4.12. The molecule has 2 N–H and O–H groups in total. The molecule has 0 fully saturated rings. The molecule has 2 aromatic heterocycles. The van der Waals surface area contributed by atoms with Gasteiger partial charge in [0.2, 0.25) is 0 Å². The first-order chi connectivity index (χ1) is 18.0. The van der Waals surface area contributed by atoms with E-state index in [0.29, 0.717) is 28.6 Å². The molecule has 8 nitrogen and oxygen atoms in total. The van der Waals surface area contributed by atoms with Crippen LogP contribution in [0.3, 0.4) is 0 Å². The fourth-order valence-corrected chi connectivity index (χ4v) is 4.16. The average Bonchev–Trinajstić information content (AvgIpc) is 2.88. The number of alkyl halides is 3. The zero-order valence-electron chi connectivity index (χ0n) is 20.4. The highest BCUT2D eigenvalue weighted by molar-refractivity contribution is 5.77. The van der Waals surface area contributed by atoms with Crippen LogP contribution in [0.25, 0.3) is 22.2 Å². The second-order valence-corrected chi connectivity index (χ2v) is 9.10. The molecule has 4 rings (SSSR count). The third-order valence-electron chi connectivity index (χ3n) is 6.37. The van der Waals surface area contributed by atoms with Gasteiger partial charge in [-0.2, -0.15) is 13.2 Å². The Kier molecular flexibility index (Phi) is 7.86. The van der Waals surface area contributed by atoms with Crippen molar-refractivity contribution in [3.8, 4) is 11.3 Å². The fraction of sp³-hybridized carbons (Fsp3) is 0.296. The number of rotatable bonds is 9. The molecule has 4 aromatic rings. The van der Waals surface area contributed by atoms with Crippen LogP contribution >= 0.6 is 0 Å². The van der Waals surface area contributed by atoms with Gasteiger partial charge in [-0.25, -0.2) is 4.68 Å². The van der Waals surface area contributed by atoms with E-state index in [9.17, 15) is 33.0 Å². The number of aliphatic carboxylic acids is 1. The van der Waals surface area contributed by atoms with Crippen LogP contribution in [0.4, 0.5) is 13.2 Å². The summed E-state index contributed by atoms with van der Waals surface area (Å²) in [7, 11) is 0. The van der Waals surface area contributed by atoms with E-state index in [1.54, 1.807) is 36.5 Å². The van der Waals surface area contributed by atoms with Crippen molar-refractivity contribution in [2.24, 2.45) is 5.92 Å². The lowest BCUT2D eigenvalue weighted by molar-refractivity contribution is -0.146. The molecule has 198 valence electrons. The molecule has 38 heavy (non-hydrogen) atoms. The fourth-order valence-electron chi connectivity index (χ4n) is 4.16. The Labute approximate surface area is 215 Å². The normalized spacial score (nSPS) is 13.4. The summed E-state index contributed by atoms with van der Waals surface area (Å²) >= 11 is 0. The third-order valence-corrected chi connectivity index (χ3v) is 6.37. The van der Waals surface area contributed by atoms with Crippen molar-refractivity contribution in [2.75, 3.05) is 0 Å². The molecule has 0 saturated heterocycles. The van der Waals surface area contributed by atoms with E-state index in [1.165, 1.54) is 12.1 Å². The number of aliphatic hydroxyl groups excluding tert-OH is 1. The first kappa shape index (κ1) is 26.9. The number of carboxylic acid groups (broad SMARTS) is 1. The number of nitrogens with zero attached hydrogens (tertiary/aromatic N) is 4. The number of pyridine rings is 1. The number of halogens is 3. The maximum Gasteiger partial charge on any atom is 0.416 e. The van der Waals surface area contributed by atoms with Crippen molar-refractivity contribution in [1.82, 2.24) is 20.0 Å². The Morgan fingerprint density at radius 3 is 2.42 bits per heavy atom. The van der Waals surface area contributed by atoms with Crippen LogP contribution in [0.5, 0.6) is 0 Å². The van der Waals surface area contributed by atoms with Crippen LogP contribution in [0.2, 0.25) is 0 Å². The van der Waals surface area contributed by atoms with Gasteiger partial charge in [-0.3, -0.25) is 14.6 Å². The molecule has 0 spiro atoms. The lowest BCUT2D eigenvalue weighted by Crippen LogP contribution is -2.32. The highest BCUT2D eigenvalue weighted by Gasteiger charge is 2.30. The molecular formula is C27H25F3N4O4. The lowest BCUT2D eigenvalue weighted by atomic mass is 9.93. The zero-order chi connectivity index (χ0) is 27.4. The van der Waals surface area contributed by atoms with Crippen LogP contribution in [0.15, 0.2) is 65.6 Å². The molecule has 11 heteroatoms. The number of benzene rings is 2.